The first-order valence-corrected chi connectivity index (χ1v) is 14.3. The number of nitriles is 2. The average molecular weight is 578 g/mol. The highest BCUT2D eigenvalue weighted by Crippen LogP contribution is 2.52. The number of rotatable bonds is 8. The van der Waals surface area contributed by atoms with E-state index < -0.39 is 35.0 Å². The van der Waals surface area contributed by atoms with E-state index in [2.05, 4.69) is 28.1 Å². The molecule has 0 aromatic heterocycles. The van der Waals surface area contributed by atoms with Gasteiger partial charge in [0.05, 0.1) is 28.7 Å². The number of nitrogens with one attached hydrogen (secondary N) is 3. The zero-order valence-corrected chi connectivity index (χ0v) is 23.8. The quantitative estimate of drug-likeness (QED) is 0.274. The van der Waals surface area contributed by atoms with Crippen LogP contribution in [0.15, 0.2) is 66.7 Å². The average Bonchev–Trinajstić information content (AvgIpc) is 3.06. The molecule has 0 amide bonds. The lowest BCUT2D eigenvalue weighted by Crippen LogP contribution is -2.65. The number of carbonyl (C=O) groups is 3. The van der Waals surface area contributed by atoms with Crippen molar-refractivity contribution < 1.29 is 18.8 Å². The van der Waals surface area contributed by atoms with Gasteiger partial charge in [0.2, 0.25) is 0 Å². The van der Waals surface area contributed by atoms with E-state index in [1.165, 1.54) is 6.07 Å². The molecule has 8 nitrogen and oxygen atoms in total. The van der Waals surface area contributed by atoms with Gasteiger partial charge in [-0.25, -0.2) is 4.39 Å². The molecule has 43 heavy (non-hydrogen) atoms. The summed E-state index contributed by atoms with van der Waals surface area (Å²) >= 11 is 0. The number of piperidine rings is 1. The minimum Gasteiger partial charge on any atom is -0.315 e. The Morgan fingerprint density at radius 2 is 1.58 bits per heavy atom. The molecular weight excluding hydrogens is 545 g/mol. The lowest BCUT2D eigenvalue weighted by Gasteiger charge is -2.52. The van der Waals surface area contributed by atoms with Gasteiger partial charge in [-0.1, -0.05) is 36.4 Å². The highest BCUT2D eigenvalue weighted by atomic mass is 19.1. The molecule has 3 unspecified atom stereocenters. The van der Waals surface area contributed by atoms with Crippen LogP contribution in [0.25, 0.3) is 0 Å². The summed E-state index contributed by atoms with van der Waals surface area (Å²) in [6.07, 6.45) is 0.796. The summed E-state index contributed by atoms with van der Waals surface area (Å²) in [4.78, 5) is 42.5. The molecule has 2 saturated heterocycles. The Hall–Kier alpha value is -4.54. The Labute approximate surface area is 249 Å². The first-order chi connectivity index (χ1) is 20.8. The molecule has 0 aliphatic carbocycles. The fraction of sp³-hybridized carbons (Fsp3) is 0.324. The lowest BCUT2D eigenvalue weighted by molar-refractivity contribution is -0.116. The van der Waals surface area contributed by atoms with Crippen LogP contribution in [0.2, 0.25) is 0 Å². The summed E-state index contributed by atoms with van der Waals surface area (Å²) in [7, 11) is 0. The van der Waals surface area contributed by atoms with Crippen molar-refractivity contribution >= 4 is 17.9 Å². The highest BCUT2D eigenvalue weighted by Gasteiger charge is 2.59. The molecule has 3 aromatic rings. The summed E-state index contributed by atoms with van der Waals surface area (Å²) in [6, 6.07) is 20.8. The van der Waals surface area contributed by atoms with Crippen molar-refractivity contribution in [3.63, 3.8) is 0 Å². The second kappa shape index (κ2) is 12.8. The van der Waals surface area contributed by atoms with Gasteiger partial charge >= 0.3 is 0 Å². The van der Waals surface area contributed by atoms with Gasteiger partial charge in [-0.15, -0.1) is 0 Å². The van der Waals surface area contributed by atoms with Crippen LogP contribution in [0, 0.1) is 52.7 Å². The minimum absolute atomic E-state index is 0.0746. The molecule has 5 rings (SSSR count). The first-order valence-electron chi connectivity index (χ1n) is 14.3. The number of nitrogens with zero attached hydrogens (tertiary/aromatic N) is 2. The molecule has 9 heteroatoms. The van der Waals surface area contributed by atoms with Crippen molar-refractivity contribution in [2.45, 2.75) is 18.9 Å². The van der Waals surface area contributed by atoms with Crippen molar-refractivity contribution in [1.29, 1.82) is 10.5 Å². The van der Waals surface area contributed by atoms with Crippen LogP contribution in [0.3, 0.4) is 0 Å². The van der Waals surface area contributed by atoms with Crippen molar-refractivity contribution in [2.75, 3.05) is 32.7 Å². The molecule has 0 radical (unpaired) electrons. The van der Waals surface area contributed by atoms with Crippen molar-refractivity contribution in [3.8, 4) is 12.1 Å². The van der Waals surface area contributed by atoms with Crippen LogP contribution in [0.1, 0.15) is 48.9 Å². The SMILES string of the molecule is Cc1c(F)cccc1C1[C@@H](C(=O)c2ccc(C#N)cc2)CNC[C@@]1(C(=O)c1ccc(C#N)cc1)C(C=O)C1CNCCN1. The van der Waals surface area contributed by atoms with Crippen molar-refractivity contribution in [3.05, 3.63) is 106 Å². The fourth-order valence-electron chi connectivity index (χ4n) is 6.81. The molecule has 2 heterocycles. The predicted molar refractivity (Wildman–Crippen MR) is 158 cm³/mol. The van der Waals surface area contributed by atoms with Crippen LogP contribution in [0.5, 0.6) is 0 Å². The van der Waals surface area contributed by atoms with E-state index in [0.29, 0.717) is 53.0 Å². The van der Waals surface area contributed by atoms with E-state index >= 15 is 4.39 Å². The van der Waals surface area contributed by atoms with E-state index in [9.17, 15) is 24.9 Å². The molecule has 3 aromatic carbocycles. The van der Waals surface area contributed by atoms with Gasteiger partial charge < -0.3 is 20.7 Å². The number of piperazine rings is 1. The summed E-state index contributed by atoms with van der Waals surface area (Å²) in [5.74, 6) is -3.74. The maximum Gasteiger partial charge on any atom is 0.171 e. The van der Waals surface area contributed by atoms with E-state index in [1.807, 2.05) is 0 Å². The summed E-state index contributed by atoms with van der Waals surface area (Å²) in [6.45, 7) is 3.61. The summed E-state index contributed by atoms with van der Waals surface area (Å²) in [5.41, 5.74) is 0.723. The maximum atomic E-state index is 15.2. The lowest BCUT2D eigenvalue weighted by atomic mass is 9.53. The summed E-state index contributed by atoms with van der Waals surface area (Å²) in [5, 5.41) is 28.6. The second-order valence-corrected chi connectivity index (χ2v) is 11.2. The van der Waals surface area contributed by atoms with Gasteiger partial charge in [-0.2, -0.15) is 10.5 Å². The third-order valence-corrected chi connectivity index (χ3v) is 8.97. The Balaban J connectivity index is 1.76. The molecule has 0 bridgehead atoms. The first kappa shape index (κ1) is 29.9. The number of aldehydes is 1. The number of ketones is 2. The smallest absolute Gasteiger partial charge is 0.171 e. The zero-order valence-electron chi connectivity index (χ0n) is 23.8. The molecule has 5 atom stereocenters. The van der Waals surface area contributed by atoms with E-state index in [0.717, 1.165) is 6.29 Å². The number of Topliss-reactive ketones (excluding diaryl/α,β-unsaturated/α-hetero) is 2. The van der Waals surface area contributed by atoms with Gasteiger partial charge in [-0.3, -0.25) is 9.59 Å². The van der Waals surface area contributed by atoms with Crippen molar-refractivity contribution in [1.82, 2.24) is 16.0 Å². The third-order valence-electron chi connectivity index (χ3n) is 8.97. The topological polar surface area (TPSA) is 135 Å². The van der Waals surface area contributed by atoms with Crippen LogP contribution in [-0.2, 0) is 4.79 Å². The molecule has 3 N–H and O–H groups in total. The van der Waals surface area contributed by atoms with Gasteiger partial charge in [0, 0.05) is 67.6 Å². The maximum absolute atomic E-state index is 15.2. The van der Waals surface area contributed by atoms with Crippen LogP contribution < -0.4 is 16.0 Å². The molecule has 0 saturated carbocycles. The van der Waals surface area contributed by atoms with Crippen molar-refractivity contribution in [2.24, 2.45) is 17.3 Å². The van der Waals surface area contributed by atoms with E-state index in [-0.39, 0.29) is 24.7 Å². The predicted octanol–water partition coefficient (Wildman–Crippen LogP) is 3.31. The van der Waals surface area contributed by atoms with Gasteiger partial charge in [0.1, 0.15) is 12.1 Å². The number of hydrogen-bond donors (Lipinski definition) is 3. The van der Waals surface area contributed by atoms with Crippen LogP contribution in [0.4, 0.5) is 4.39 Å². The van der Waals surface area contributed by atoms with Gasteiger partial charge in [0.25, 0.3) is 0 Å². The van der Waals surface area contributed by atoms with E-state index in [4.69, 9.17) is 0 Å². The number of carbonyl (C=O) groups excluding carboxylic acids is 3. The van der Waals surface area contributed by atoms with Crippen LogP contribution in [-0.4, -0.2) is 56.6 Å². The molecule has 2 aliphatic heterocycles. The fourth-order valence-corrected chi connectivity index (χ4v) is 6.81. The molecule has 218 valence electrons. The largest absolute Gasteiger partial charge is 0.315 e. The normalized spacial score (nSPS) is 24.2. The Morgan fingerprint density at radius 3 is 2.16 bits per heavy atom. The second-order valence-electron chi connectivity index (χ2n) is 11.2. The molecule has 0 spiro atoms. The van der Waals surface area contributed by atoms with Crippen LogP contribution >= 0.6 is 0 Å². The monoisotopic (exact) mass is 577 g/mol. The highest BCUT2D eigenvalue weighted by molar-refractivity contribution is 6.05. The third kappa shape index (κ3) is 5.51. The van der Waals surface area contributed by atoms with E-state index in [1.54, 1.807) is 67.6 Å². The number of hydrogen-bond acceptors (Lipinski definition) is 8. The number of halogens is 1. The Morgan fingerprint density at radius 1 is 0.930 bits per heavy atom. The van der Waals surface area contributed by atoms with Gasteiger partial charge in [0.15, 0.2) is 11.6 Å². The molecular formula is C34H32FN5O3. The zero-order chi connectivity index (χ0) is 30.6. The summed E-state index contributed by atoms with van der Waals surface area (Å²) < 4.78 is 15.2. The molecule has 2 aliphatic rings. The van der Waals surface area contributed by atoms with Gasteiger partial charge in [-0.05, 0) is 48.4 Å². The minimum atomic E-state index is -1.50. The Kier molecular flexibility index (Phi) is 8.89. The molecule has 2 fully saturated rings. The number of benzene rings is 3. The Bertz CT molecular complexity index is 1600. The standard InChI is InChI=1S/C34H32FN5O3/c1-21-26(3-2-4-29(21)35)31-27(32(42)24-9-5-22(15-36)6-10-24)17-39-20-34(31,28(19-41)30-18-38-13-14-40-30)33(43)25-11-7-23(16-37)8-12-25/h2-12,19,27-28,30-31,38-40H,13-14,17-18,20H2,1H3/t27-,28?,30?,31?,34+/m0/s1.